The van der Waals surface area contributed by atoms with Crippen LogP contribution in [0.1, 0.15) is 26.7 Å². The molecular formula is C9H18N2O. The molecule has 0 saturated carbocycles. The number of hydrogen-bond donors (Lipinski definition) is 1. The third-order valence-corrected chi connectivity index (χ3v) is 2.24. The van der Waals surface area contributed by atoms with E-state index in [9.17, 15) is 4.79 Å². The molecule has 0 aliphatic carbocycles. The summed E-state index contributed by atoms with van der Waals surface area (Å²) >= 11 is 0. The summed E-state index contributed by atoms with van der Waals surface area (Å²) in [4.78, 5) is 13.2. The van der Waals surface area contributed by atoms with E-state index in [0.717, 1.165) is 13.0 Å². The Bertz CT molecular complexity index is 166. The van der Waals surface area contributed by atoms with Crippen LogP contribution in [0.15, 0.2) is 0 Å². The van der Waals surface area contributed by atoms with Crippen LogP contribution in [0.3, 0.4) is 0 Å². The fourth-order valence-electron chi connectivity index (χ4n) is 1.62. The number of piperidine rings is 1. The van der Waals surface area contributed by atoms with Crippen molar-refractivity contribution in [3.05, 3.63) is 0 Å². The zero-order valence-electron chi connectivity index (χ0n) is 7.92. The van der Waals surface area contributed by atoms with Gasteiger partial charge in [0, 0.05) is 25.6 Å². The van der Waals surface area contributed by atoms with E-state index in [0.29, 0.717) is 18.9 Å². The molecule has 2 atom stereocenters. The maximum Gasteiger partial charge on any atom is 0.222 e. The molecule has 12 heavy (non-hydrogen) atoms. The van der Waals surface area contributed by atoms with Crippen LogP contribution in [0.25, 0.3) is 0 Å². The summed E-state index contributed by atoms with van der Waals surface area (Å²) < 4.78 is 0. The Morgan fingerprint density at radius 3 is 3.00 bits per heavy atom. The SMILES string of the molecule is CC(N)CN1CC(C)CCC1=O. The highest BCUT2D eigenvalue weighted by Gasteiger charge is 2.22. The first-order chi connectivity index (χ1) is 5.59. The zero-order valence-corrected chi connectivity index (χ0v) is 7.92. The van der Waals surface area contributed by atoms with Gasteiger partial charge in [0.25, 0.3) is 0 Å². The van der Waals surface area contributed by atoms with Gasteiger partial charge in [0.15, 0.2) is 0 Å². The third kappa shape index (κ3) is 2.48. The summed E-state index contributed by atoms with van der Waals surface area (Å²) in [6.07, 6.45) is 1.74. The van der Waals surface area contributed by atoms with Gasteiger partial charge < -0.3 is 10.6 Å². The summed E-state index contributed by atoms with van der Waals surface area (Å²) in [5, 5.41) is 0. The molecule has 0 aromatic rings. The first-order valence-corrected chi connectivity index (χ1v) is 4.63. The van der Waals surface area contributed by atoms with Crippen molar-refractivity contribution < 1.29 is 4.79 Å². The summed E-state index contributed by atoms with van der Waals surface area (Å²) in [5.74, 6) is 0.909. The normalized spacial score (nSPS) is 27.4. The molecule has 1 heterocycles. The summed E-state index contributed by atoms with van der Waals surface area (Å²) in [7, 11) is 0. The van der Waals surface area contributed by atoms with Crippen molar-refractivity contribution in [1.29, 1.82) is 0 Å². The number of rotatable bonds is 2. The average Bonchev–Trinajstić information content (AvgIpc) is 1.96. The standard InChI is InChI=1S/C9H18N2O/c1-7-3-4-9(12)11(5-7)6-8(2)10/h7-8H,3-6,10H2,1-2H3. The number of nitrogens with zero attached hydrogens (tertiary/aromatic N) is 1. The molecule has 70 valence electrons. The lowest BCUT2D eigenvalue weighted by Crippen LogP contribution is -2.44. The molecule has 2 unspecified atom stereocenters. The Labute approximate surface area is 73.9 Å². The van der Waals surface area contributed by atoms with E-state index in [1.165, 1.54) is 0 Å². The van der Waals surface area contributed by atoms with E-state index in [1.807, 2.05) is 11.8 Å². The molecular weight excluding hydrogens is 152 g/mol. The molecule has 2 N–H and O–H groups in total. The van der Waals surface area contributed by atoms with E-state index in [1.54, 1.807) is 0 Å². The largest absolute Gasteiger partial charge is 0.341 e. The van der Waals surface area contributed by atoms with Gasteiger partial charge in [-0.3, -0.25) is 4.79 Å². The van der Waals surface area contributed by atoms with Crippen molar-refractivity contribution in [3.63, 3.8) is 0 Å². The Morgan fingerprint density at radius 2 is 2.42 bits per heavy atom. The fraction of sp³-hybridized carbons (Fsp3) is 0.889. The predicted molar refractivity (Wildman–Crippen MR) is 48.6 cm³/mol. The first-order valence-electron chi connectivity index (χ1n) is 4.63. The van der Waals surface area contributed by atoms with Crippen molar-refractivity contribution in [1.82, 2.24) is 4.90 Å². The van der Waals surface area contributed by atoms with E-state index in [2.05, 4.69) is 6.92 Å². The number of likely N-dealkylation sites (tertiary alicyclic amines) is 1. The molecule has 0 spiro atoms. The molecule has 1 saturated heterocycles. The Morgan fingerprint density at radius 1 is 1.75 bits per heavy atom. The molecule has 1 amide bonds. The quantitative estimate of drug-likeness (QED) is 0.659. The second-order valence-corrected chi connectivity index (χ2v) is 3.92. The van der Waals surface area contributed by atoms with Crippen LogP contribution in [0.4, 0.5) is 0 Å². The van der Waals surface area contributed by atoms with Crippen molar-refractivity contribution in [3.8, 4) is 0 Å². The van der Waals surface area contributed by atoms with Crippen LogP contribution in [0, 0.1) is 5.92 Å². The molecule has 0 bridgehead atoms. The molecule has 3 heteroatoms. The van der Waals surface area contributed by atoms with Gasteiger partial charge >= 0.3 is 0 Å². The minimum atomic E-state index is 0.0965. The van der Waals surface area contributed by atoms with Gasteiger partial charge in [0.1, 0.15) is 0 Å². The van der Waals surface area contributed by atoms with Crippen molar-refractivity contribution in [2.24, 2.45) is 11.7 Å². The van der Waals surface area contributed by atoms with Gasteiger partial charge in [0.05, 0.1) is 0 Å². The maximum absolute atomic E-state index is 11.3. The number of hydrogen-bond acceptors (Lipinski definition) is 2. The highest BCUT2D eigenvalue weighted by Crippen LogP contribution is 2.16. The smallest absolute Gasteiger partial charge is 0.222 e. The van der Waals surface area contributed by atoms with Gasteiger partial charge in [-0.05, 0) is 19.3 Å². The number of nitrogens with two attached hydrogens (primary N) is 1. The van der Waals surface area contributed by atoms with Crippen LogP contribution >= 0.6 is 0 Å². The molecule has 1 fully saturated rings. The first kappa shape index (κ1) is 9.52. The molecule has 0 radical (unpaired) electrons. The number of carbonyl (C=O) groups excluding carboxylic acids is 1. The van der Waals surface area contributed by atoms with Crippen LogP contribution in [0.5, 0.6) is 0 Å². The third-order valence-electron chi connectivity index (χ3n) is 2.24. The fourth-order valence-corrected chi connectivity index (χ4v) is 1.62. The minimum Gasteiger partial charge on any atom is -0.341 e. The maximum atomic E-state index is 11.3. The van der Waals surface area contributed by atoms with Crippen molar-refractivity contribution in [2.45, 2.75) is 32.7 Å². The van der Waals surface area contributed by atoms with Crippen LogP contribution in [0.2, 0.25) is 0 Å². The second-order valence-electron chi connectivity index (χ2n) is 3.92. The van der Waals surface area contributed by atoms with E-state index in [-0.39, 0.29) is 11.9 Å². The van der Waals surface area contributed by atoms with Gasteiger partial charge in [-0.1, -0.05) is 6.92 Å². The lowest BCUT2D eigenvalue weighted by atomic mass is 9.99. The summed E-state index contributed by atoms with van der Waals surface area (Å²) in [6, 6.07) is 0.0965. The van der Waals surface area contributed by atoms with Crippen molar-refractivity contribution >= 4 is 5.91 Å². The lowest BCUT2D eigenvalue weighted by Gasteiger charge is -2.31. The Kier molecular flexibility index (Phi) is 3.09. The number of carbonyl (C=O) groups is 1. The van der Waals surface area contributed by atoms with Gasteiger partial charge in [-0.2, -0.15) is 0 Å². The minimum absolute atomic E-state index is 0.0965. The second kappa shape index (κ2) is 3.90. The molecule has 1 rings (SSSR count). The highest BCUT2D eigenvalue weighted by atomic mass is 16.2. The monoisotopic (exact) mass is 170 g/mol. The van der Waals surface area contributed by atoms with Crippen LogP contribution in [-0.2, 0) is 4.79 Å². The summed E-state index contributed by atoms with van der Waals surface area (Å²) in [5.41, 5.74) is 5.64. The predicted octanol–water partition coefficient (Wildman–Crippen LogP) is 0.592. The van der Waals surface area contributed by atoms with Gasteiger partial charge in [0.2, 0.25) is 5.91 Å². The summed E-state index contributed by atoms with van der Waals surface area (Å²) in [6.45, 7) is 5.72. The number of amides is 1. The van der Waals surface area contributed by atoms with E-state index < -0.39 is 0 Å². The van der Waals surface area contributed by atoms with Crippen molar-refractivity contribution in [2.75, 3.05) is 13.1 Å². The zero-order chi connectivity index (χ0) is 9.14. The lowest BCUT2D eigenvalue weighted by molar-refractivity contribution is -0.134. The highest BCUT2D eigenvalue weighted by molar-refractivity contribution is 5.76. The van der Waals surface area contributed by atoms with E-state index >= 15 is 0 Å². The van der Waals surface area contributed by atoms with Gasteiger partial charge in [-0.15, -0.1) is 0 Å². The van der Waals surface area contributed by atoms with Gasteiger partial charge in [-0.25, -0.2) is 0 Å². The molecule has 3 nitrogen and oxygen atoms in total. The molecule has 0 aromatic heterocycles. The Hall–Kier alpha value is -0.570. The molecule has 0 aromatic carbocycles. The molecule has 1 aliphatic heterocycles. The van der Waals surface area contributed by atoms with Crippen LogP contribution < -0.4 is 5.73 Å². The van der Waals surface area contributed by atoms with Crippen LogP contribution in [-0.4, -0.2) is 29.9 Å². The average molecular weight is 170 g/mol. The van der Waals surface area contributed by atoms with E-state index in [4.69, 9.17) is 5.73 Å². The molecule has 1 aliphatic rings. The Balaban J connectivity index is 2.43. The topological polar surface area (TPSA) is 46.3 Å².